The van der Waals surface area contributed by atoms with Gasteiger partial charge in [-0.05, 0) is 0 Å². The van der Waals surface area contributed by atoms with E-state index in [1.165, 1.54) is 26.6 Å². The van der Waals surface area contributed by atoms with Crippen LogP contribution in [0.25, 0.3) is 11.3 Å². The van der Waals surface area contributed by atoms with E-state index in [9.17, 15) is 5.26 Å². The van der Waals surface area contributed by atoms with E-state index < -0.39 is 0 Å². The first-order chi connectivity index (χ1) is 13.4. The van der Waals surface area contributed by atoms with Gasteiger partial charge in [0, 0.05) is 0 Å². The topological polar surface area (TPSA) is 70.9 Å². The summed E-state index contributed by atoms with van der Waals surface area (Å²) >= 11 is 5.30. The summed E-state index contributed by atoms with van der Waals surface area (Å²) in [5, 5.41) is 17.5. The van der Waals surface area contributed by atoms with Gasteiger partial charge in [-0.25, -0.2) is 0 Å². The van der Waals surface area contributed by atoms with Crippen molar-refractivity contribution in [2.75, 3.05) is 7.11 Å². The molecule has 0 aliphatic carbocycles. The Balaban J connectivity index is 1.96. The van der Waals surface area contributed by atoms with Crippen molar-refractivity contribution in [1.82, 2.24) is 10.2 Å². The second-order valence-electron chi connectivity index (χ2n) is 6.46. The van der Waals surface area contributed by atoms with Gasteiger partial charge in [-0.3, -0.25) is 0 Å². The molecule has 2 unspecified atom stereocenters. The molecule has 8 heteroatoms. The summed E-state index contributed by atoms with van der Waals surface area (Å²) in [6.45, 7) is 4.20. The minimum absolute atomic E-state index is 0.233. The molecule has 0 bridgehead atoms. The number of halogens is 1. The molecule has 5 nitrogen and oxygen atoms in total. The van der Waals surface area contributed by atoms with Crippen LogP contribution in [0.15, 0.2) is 34.4 Å². The SMILES string of the molecule is COc1ccc(C2C(C#N)=C([AsH2])Oc3n[nH]c(-c4cc(C)sc4C)c32)cc1I. The summed E-state index contributed by atoms with van der Waals surface area (Å²) in [5.41, 5.74) is 4.59. The number of aromatic amines is 1. The van der Waals surface area contributed by atoms with Gasteiger partial charge in [0.15, 0.2) is 0 Å². The van der Waals surface area contributed by atoms with Crippen LogP contribution in [0.3, 0.4) is 0 Å². The predicted octanol–water partition coefficient (Wildman–Crippen LogP) is 4.26. The number of ether oxygens (including phenoxy) is 2. The molecule has 0 radical (unpaired) electrons. The fraction of sp³-hybridized carbons (Fsp3) is 0.200. The molecule has 4 rings (SSSR count). The minimum atomic E-state index is -0.233. The first-order valence-corrected chi connectivity index (χ1v) is 11.6. The molecule has 0 spiro atoms. The van der Waals surface area contributed by atoms with Crippen LogP contribution in [-0.4, -0.2) is 34.2 Å². The number of nitriles is 1. The van der Waals surface area contributed by atoms with Gasteiger partial charge in [0.2, 0.25) is 0 Å². The van der Waals surface area contributed by atoms with E-state index in [0.29, 0.717) is 16.0 Å². The summed E-state index contributed by atoms with van der Waals surface area (Å²) in [5.74, 6) is 1.13. The molecule has 1 N–H and O–H groups in total. The average Bonchev–Trinajstić information content (AvgIpc) is 3.22. The molecule has 0 saturated heterocycles. The van der Waals surface area contributed by atoms with E-state index in [2.05, 4.69) is 64.8 Å². The second-order valence-corrected chi connectivity index (χ2v) is 10.2. The zero-order valence-corrected chi connectivity index (χ0v) is 20.9. The number of rotatable bonds is 3. The number of fused-ring (bicyclic) bond motifs is 1. The molecule has 0 amide bonds. The van der Waals surface area contributed by atoms with Crippen molar-refractivity contribution >= 4 is 50.8 Å². The Hall–Kier alpha value is -1.75. The summed E-state index contributed by atoms with van der Waals surface area (Å²) in [4.78, 5) is 2.44. The number of aryl methyl sites for hydroxylation is 2. The Kier molecular flexibility index (Phi) is 5.30. The Morgan fingerprint density at radius 2 is 2.14 bits per heavy atom. The summed E-state index contributed by atoms with van der Waals surface area (Å²) in [7, 11) is 1.66. The van der Waals surface area contributed by atoms with E-state index in [1.54, 1.807) is 18.4 Å². The maximum absolute atomic E-state index is 9.91. The number of nitrogens with zero attached hydrogens (tertiary/aromatic N) is 2. The van der Waals surface area contributed by atoms with Gasteiger partial charge in [0.1, 0.15) is 0 Å². The molecule has 3 heterocycles. The zero-order valence-electron chi connectivity index (χ0n) is 15.5. The van der Waals surface area contributed by atoms with Gasteiger partial charge < -0.3 is 0 Å². The van der Waals surface area contributed by atoms with Crippen molar-refractivity contribution in [3.63, 3.8) is 0 Å². The molecule has 3 aromatic rings. The number of allylic oxidation sites excluding steroid dienone is 1. The van der Waals surface area contributed by atoms with E-state index >= 15 is 0 Å². The van der Waals surface area contributed by atoms with Crippen LogP contribution in [0, 0.1) is 28.7 Å². The van der Waals surface area contributed by atoms with Crippen molar-refractivity contribution in [3.8, 4) is 29.0 Å². The fourth-order valence-electron chi connectivity index (χ4n) is 3.52. The van der Waals surface area contributed by atoms with Crippen LogP contribution in [-0.2, 0) is 0 Å². The van der Waals surface area contributed by atoms with E-state index in [-0.39, 0.29) is 5.92 Å². The quantitative estimate of drug-likeness (QED) is 0.381. The van der Waals surface area contributed by atoms with Crippen molar-refractivity contribution < 1.29 is 9.47 Å². The Labute approximate surface area is 189 Å². The molecular weight excluding hydrogens is 548 g/mol. The summed E-state index contributed by atoms with van der Waals surface area (Å²) < 4.78 is 13.0. The average molecular weight is 565 g/mol. The Morgan fingerprint density at radius 1 is 1.36 bits per heavy atom. The van der Waals surface area contributed by atoms with E-state index in [0.717, 1.165) is 31.7 Å². The van der Waals surface area contributed by atoms with E-state index in [4.69, 9.17) is 9.47 Å². The molecule has 142 valence electrons. The Bertz CT molecular complexity index is 1160. The number of aromatic nitrogens is 2. The standard InChI is InChI=1S/C20H17AsIN3O2S/c1-9-6-12(10(2)28-9)18-17-16(11-4-5-15(26-3)14(22)7-11)13(8-23)19(21)27-20(17)25-24-18/h4-7,16H,21H2,1-3H3,(H,24,25). The van der Waals surface area contributed by atoms with Gasteiger partial charge in [0.25, 0.3) is 0 Å². The van der Waals surface area contributed by atoms with Crippen LogP contribution in [0.4, 0.5) is 0 Å². The van der Waals surface area contributed by atoms with Crippen LogP contribution in [0.1, 0.15) is 26.8 Å². The fourth-order valence-corrected chi connectivity index (χ4v) is 5.93. The number of hydrogen-bond acceptors (Lipinski definition) is 5. The van der Waals surface area contributed by atoms with Crippen molar-refractivity contribution in [1.29, 1.82) is 5.26 Å². The molecule has 2 aromatic heterocycles. The Morgan fingerprint density at radius 3 is 2.75 bits per heavy atom. The van der Waals surface area contributed by atoms with Crippen molar-refractivity contribution in [2.45, 2.75) is 19.8 Å². The monoisotopic (exact) mass is 565 g/mol. The van der Waals surface area contributed by atoms with Crippen LogP contribution in [0.2, 0.25) is 0 Å². The third kappa shape index (κ3) is 3.18. The van der Waals surface area contributed by atoms with Crippen molar-refractivity contribution in [2.24, 2.45) is 0 Å². The number of methoxy groups -OCH3 is 1. The third-order valence-electron chi connectivity index (χ3n) is 4.76. The molecule has 0 saturated carbocycles. The second kappa shape index (κ2) is 7.58. The van der Waals surface area contributed by atoms with Gasteiger partial charge >= 0.3 is 190 Å². The summed E-state index contributed by atoms with van der Waals surface area (Å²) in [6, 6.07) is 10.6. The number of nitrogens with one attached hydrogen (secondary N) is 1. The number of benzene rings is 1. The molecule has 1 aliphatic heterocycles. The van der Waals surface area contributed by atoms with Gasteiger partial charge in [-0.2, -0.15) is 0 Å². The van der Waals surface area contributed by atoms with E-state index in [1.807, 2.05) is 12.1 Å². The third-order valence-corrected chi connectivity index (χ3v) is 7.47. The first kappa shape index (κ1) is 19.6. The molecule has 28 heavy (non-hydrogen) atoms. The maximum atomic E-state index is 9.91. The predicted molar refractivity (Wildman–Crippen MR) is 121 cm³/mol. The van der Waals surface area contributed by atoms with Gasteiger partial charge in [-0.15, -0.1) is 0 Å². The normalized spacial score (nSPS) is 15.8. The van der Waals surface area contributed by atoms with Crippen LogP contribution >= 0.6 is 33.9 Å². The van der Waals surface area contributed by atoms with Crippen LogP contribution in [0.5, 0.6) is 11.6 Å². The molecule has 2 atom stereocenters. The van der Waals surface area contributed by atoms with Gasteiger partial charge in [0.05, 0.1) is 0 Å². The first-order valence-electron chi connectivity index (χ1n) is 8.51. The molecule has 1 aliphatic rings. The number of hydrogen-bond donors (Lipinski definition) is 1. The zero-order chi connectivity index (χ0) is 20.0. The molecule has 0 fully saturated rings. The molecular formula is C20H17AsIN3O2S. The number of thiophene rings is 1. The molecule has 1 aromatic carbocycles. The summed E-state index contributed by atoms with van der Waals surface area (Å²) in [6.07, 6.45) is 0. The van der Waals surface area contributed by atoms with Gasteiger partial charge in [-0.1, -0.05) is 0 Å². The van der Waals surface area contributed by atoms with Crippen molar-refractivity contribution in [3.05, 3.63) is 58.8 Å². The van der Waals surface area contributed by atoms with Crippen LogP contribution < -0.4 is 9.47 Å². The number of H-pyrrole nitrogens is 1.